The number of aromatic nitrogens is 3. The lowest BCUT2D eigenvalue weighted by molar-refractivity contribution is 0.340. The molecule has 0 fully saturated rings. The normalized spacial score (nSPS) is 10.7. The molecule has 3 aromatic rings. The van der Waals surface area contributed by atoms with Gasteiger partial charge in [0, 0.05) is 18.0 Å². The van der Waals surface area contributed by atoms with Gasteiger partial charge in [-0.05, 0) is 43.3 Å². The number of hydrogen-bond donors (Lipinski definition) is 0. The minimum absolute atomic E-state index is 0.679. The molecule has 90 valence electrons. The van der Waals surface area contributed by atoms with Crippen LogP contribution in [-0.4, -0.2) is 21.2 Å². The zero-order valence-corrected chi connectivity index (χ0v) is 10.1. The van der Waals surface area contributed by atoms with Gasteiger partial charge in [0.15, 0.2) is 5.65 Å². The van der Waals surface area contributed by atoms with Crippen LogP contribution in [0, 0.1) is 0 Å². The molecule has 0 spiro atoms. The van der Waals surface area contributed by atoms with Gasteiger partial charge in [-0.15, -0.1) is 0 Å². The highest BCUT2D eigenvalue weighted by molar-refractivity contribution is 5.61. The van der Waals surface area contributed by atoms with Crippen LogP contribution >= 0.6 is 0 Å². The first kappa shape index (κ1) is 10.8. The molecular formula is C14H13N3O. The van der Waals surface area contributed by atoms with Gasteiger partial charge >= 0.3 is 0 Å². The smallest absolute Gasteiger partial charge is 0.153 e. The number of benzene rings is 1. The lowest BCUT2D eigenvalue weighted by Crippen LogP contribution is -1.94. The van der Waals surface area contributed by atoms with Crippen molar-refractivity contribution in [2.75, 3.05) is 6.61 Å². The number of ether oxygens (including phenoxy) is 1. The molecule has 0 N–H and O–H groups in total. The van der Waals surface area contributed by atoms with E-state index in [9.17, 15) is 0 Å². The summed E-state index contributed by atoms with van der Waals surface area (Å²) in [6.07, 6.45) is 3.58. The molecule has 2 heterocycles. The zero-order valence-electron chi connectivity index (χ0n) is 10.1. The van der Waals surface area contributed by atoms with Gasteiger partial charge < -0.3 is 4.74 Å². The molecule has 0 saturated heterocycles. The maximum atomic E-state index is 5.42. The number of nitrogens with zero attached hydrogens (tertiary/aromatic N) is 3. The van der Waals surface area contributed by atoms with Crippen molar-refractivity contribution >= 4 is 5.65 Å². The summed E-state index contributed by atoms with van der Waals surface area (Å²) in [5.74, 6) is 0.880. The lowest BCUT2D eigenvalue weighted by atomic mass is 10.1. The first-order valence-corrected chi connectivity index (χ1v) is 5.90. The van der Waals surface area contributed by atoms with Crippen LogP contribution in [0.4, 0.5) is 0 Å². The zero-order chi connectivity index (χ0) is 12.4. The molecule has 18 heavy (non-hydrogen) atoms. The summed E-state index contributed by atoms with van der Waals surface area (Å²) in [6, 6.07) is 11.9. The second-order valence-corrected chi connectivity index (χ2v) is 3.91. The Labute approximate surface area is 105 Å². The van der Waals surface area contributed by atoms with Gasteiger partial charge in [-0.3, -0.25) is 0 Å². The molecule has 0 aliphatic carbocycles. The number of rotatable bonds is 3. The Balaban J connectivity index is 1.97. The van der Waals surface area contributed by atoms with E-state index < -0.39 is 0 Å². The summed E-state index contributed by atoms with van der Waals surface area (Å²) >= 11 is 0. The molecule has 0 saturated carbocycles. The Morgan fingerprint density at radius 1 is 1.11 bits per heavy atom. The van der Waals surface area contributed by atoms with E-state index in [0.717, 1.165) is 22.7 Å². The SMILES string of the molecule is CCOc1ccc(-c2ccc3nccn3n2)cc1. The highest BCUT2D eigenvalue weighted by Crippen LogP contribution is 2.20. The van der Waals surface area contributed by atoms with Gasteiger partial charge in [0.2, 0.25) is 0 Å². The fraction of sp³-hybridized carbons (Fsp3) is 0.143. The van der Waals surface area contributed by atoms with Crippen LogP contribution < -0.4 is 4.74 Å². The van der Waals surface area contributed by atoms with Crippen LogP contribution in [0.5, 0.6) is 5.75 Å². The summed E-state index contributed by atoms with van der Waals surface area (Å²) in [7, 11) is 0. The maximum Gasteiger partial charge on any atom is 0.153 e. The molecule has 0 bridgehead atoms. The standard InChI is InChI=1S/C14H13N3O/c1-2-18-12-5-3-11(4-6-12)13-7-8-14-15-9-10-17(14)16-13/h3-10H,2H2,1H3. The van der Waals surface area contributed by atoms with Crippen molar-refractivity contribution < 1.29 is 4.74 Å². The molecule has 0 amide bonds. The molecule has 1 aromatic carbocycles. The molecule has 0 aliphatic rings. The maximum absolute atomic E-state index is 5.42. The van der Waals surface area contributed by atoms with Gasteiger partial charge in [-0.25, -0.2) is 9.50 Å². The van der Waals surface area contributed by atoms with E-state index in [-0.39, 0.29) is 0 Å². The summed E-state index contributed by atoms with van der Waals surface area (Å²) in [6.45, 7) is 2.65. The highest BCUT2D eigenvalue weighted by atomic mass is 16.5. The molecule has 0 unspecified atom stereocenters. The Hall–Kier alpha value is -2.36. The third kappa shape index (κ3) is 1.93. The summed E-state index contributed by atoms with van der Waals surface area (Å²) in [5, 5.41) is 4.49. The first-order valence-electron chi connectivity index (χ1n) is 5.90. The highest BCUT2D eigenvalue weighted by Gasteiger charge is 2.02. The molecule has 0 atom stereocenters. The molecule has 0 aliphatic heterocycles. The molecular weight excluding hydrogens is 226 g/mol. The van der Waals surface area contributed by atoms with Crippen LogP contribution in [0.3, 0.4) is 0 Å². The van der Waals surface area contributed by atoms with E-state index in [4.69, 9.17) is 4.74 Å². The number of hydrogen-bond acceptors (Lipinski definition) is 3. The Bertz CT molecular complexity index is 658. The molecule has 3 rings (SSSR count). The van der Waals surface area contributed by atoms with E-state index >= 15 is 0 Å². The van der Waals surface area contributed by atoms with Crippen molar-refractivity contribution in [3.63, 3.8) is 0 Å². The third-order valence-electron chi connectivity index (χ3n) is 2.72. The Kier molecular flexibility index (Phi) is 2.68. The van der Waals surface area contributed by atoms with Crippen molar-refractivity contribution in [2.45, 2.75) is 6.92 Å². The van der Waals surface area contributed by atoms with E-state index in [1.54, 1.807) is 10.7 Å². The Morgan fingerprint density at radius 3 is 2.72 bits per heavy atom. The van der Waals surface area contributed by atoms with E-state index in [2.05, 4.69) is 10.1 Å². The van der Waals surface area contributed by atoms with Gasteiger partial charge in [0.1, 0.15) is 5.75 Å². The van der Waals surface area contributed by atoms with Crippen molar-refractivity contribution in [3.8, 4) is 17.0 Å². The average Bonchev–Trinajstić information content (AvgIpc) is 2.87. The van der Waals surface area contributed by atoms with E-state index in [0.29, 0.717) is 6.61 Å². The summed E-state index contributed by atoms with van der Waals surface area (Å²) in [4.78, 5) is 4.17. The number of fused-ring (bicyclic) bond motifs is 1. The fourth-order valence-electron chi connectivity index (χ4n) is 1.86. The van der Waals surface area contributed by atoms with Gasteiger partial charge in [0.05, 0.1) is 12.3 Å². The minimum atomic E-state index is 0.679. The molecule has 4 nitrogen and oxygen atoms in total. The van der Waals surface area contributed by atoms with Crippen molar-refractivity contribution in [1.29, 1.82) is 0 Å². The van der Waals surface area contributed by atoms with Crippen molar-refractivity contribution in [3.05, 3.63) is 48.8 Å². The van der Waals surface area contributed by atoms with Crippen LogP contribution in [-0.2, 0) is 0 Å². The second kappa shape index (κ2) is 4.49. The summed E-state index contributed by atoms with van der Waals surface area (Å²) < 4.78 is 7.19. The molecule has 0 radical (unpaired) electrons. The van der Waals surface area contributed by atoms with Crippen LogP contribution in [0.1, 0.15) is 6.92 Å². The second-order valence-electron chi connectivity index (χ2n) is 3.91. The van der Waals surface area contributed by atoms with Crippen LogP contribution in [0.25, 0.3) is 16.9 Å². The number of imidazole rings is 1. The lowest BCUT2D eigenvalue weighted by Gasteiger charge is -2.05. The van der Waals surface area contributed by atoms with Gasteiger partial charge in [-0.2, -0.15) is 5.10 Å². The van der Waals surface area contributed by atoms with Crippen LogP contribution in [0.15, 0.2) is 48.8 Å². The third-order valence-corrected chi connectivity index (χ3v) is 2.72. The van der Waals surface area contributed by atoms with Crippen LogP contribution in [0.2, 0.25) is 0 Å². The predicted molar refractivity (Wildman–Crippen MR) is 69.6 cm³/mol. The van der Waals surface area contributed by atoms with Crippen molar-refractivity contribution in [1.82, 2.24) is 14.6 Å². The van der Waals surface area contributed by atoms with Crippen molar-refractivity contribution in [2.24, 2.45) is 0 Å². The Morgan fingerprint density at radius 2 is 1.94 bits per heavy atom. The van der Waals surface area contributed by atoms with E-state index in [1.165, 1.54) is 0 Å². The quantitative estimate of drug-likeness (QED) is 0.705. The van der Waals surface area contributed by atoms with E-state index in [1.807, 2.05) is 49.5 Å². The van der Waals surface area contributed by atoms with Gasteiger partial charge in [0.25, 0.3) is 0 Å². The average molecular weight is 239 g/mol. The molecule has 4 heteroatoms. The monoisotopic (exact) mass is 239 g/mol. The van der Waals surface area contributed by atoms with Gasteiger partial charge in [-0.1, -0.05) is 0 Å². The minimum Gasteiger partial charge on any atom is -0.494 e. The fourth-order valence-corrected chi connectivity index (χ4v) is 1.86. The largest absolute Gasteiger partial charge is 0.494 e. The molecule has 2 aromatic heterocycles. The topological polar surface area (TPSA) is 39.4 Å². The summed E-state index contributed by atoms with van der Waals surface area (Å²) in [5.41, 5.74) is 2.84. The first-order chi connectivity index (χ1) is 8.86. The predicted octanol–water partition coefficient (Wildman–Crippen LogP) is 2.80.